The summed E-state index contributed by atoms with van der Waals surface area (Å²) >= 11 is 1.71. The summed E-state index contributed by atoms with van der Waals surface area (Å²) in [4.78, 5) is 4.36. The van der Waals surface area contributed by atoms with Gasteiger partial charge in [-0.25, -0.2) is 4.98 Å². The number of aromatic nitrogens is 1. The van der Waals surface area contributed by atoms with Crippen molar-refractivity contribution in [1.82, 2.24) is 4.98 Å². The van der Waals surface area contributed by atoms with Crippen molar-refractivity contribution in [3.8, 4) is 0 Å². The highest BCUT2D eigenvalue weighted by atomic mass is 32.1. The molecule has 0 radical (unpaired) electrons. The summed E-state index contributed by atoms with van der Waals surface area (Å²) in [5.74, 6) is 0.566. The van der Waals surface area contributed by atoms with Crippen molar-refractivity contribution < 1.29 is 0 Å². The van der Waals surface area contributed by atoms with E-state index in [1.165, 1.54) is 15.8 Å². The van der Waals surface area contributed by atoms with E-state index in [2.05, 4.69) is 37.0 Å². The van der Waals surface area contributed by atoms with Gasteiger partial charge in [-0.15, -0.1) is 11.3 Å². The van der Waals surface area contributed by atoms with Gasteiger partial charge in [0, 0.05) is 0 Å². The van der Waals surface area contributed by atoms with E-state index in [0.717, 1.165) is 0 Å². The number of hydrogen-bond acceptors (Lipinski definition) is 2. The van der Waals surface area contributed by atoms with E-state index >= 15 is 0 Å². The molecule has 1 heterocycles. The lowest BCUT2D eigenvalue weighted by Crippen LogP contribution is -1.87. The van der Waals surface area contributed by atoms with Gasteiger partial charge in [-0.1, -0.05) is 26.0 Å². The van der Waals surface area contributed by atoms with Gasteiger partial charge in [-0.3, -0.25) is 0 Å². The van der Waals surface area contributed by atoms with Crippen molar-refractivity contribution in [3.05, 3.63) is 29.3 Å². The molecule has 0 atom stereocenters. The molecule has 1 aromatic carbocycles. The summed E-state index contributed by atoms with van der Waals surface area (Å²) in [6.07, 6.45) is 0. The maximum absolute atomic E-state index is 4.36. The van der Waals surface area contributed by atoms with Crippen LogP contribution in [-0.4, -0.2) is 4.98 Å². The summed E-state index contributed by atoms with van der Waals surface area (Å²) in [6, 6.07) is 6.39. The maximum Gasteiger partial charge on any atom is 0.0846 e. The van der Waals surface area contributed by atoms with Gasteiger partial charge >= 0.3 is 0 Å². The maximum atomic E-state index is 4.36. The molecule has 0 spiro atoms. The first-order valence-electron chi connectivity index (χ1n) is 4.11. The molecule has 0 N–H and O–H groups in total. The highest BCUT2D eigenvalue weighted by Crippen LogP contribution is 2.26. The van der Waals surface area contributed by atoms with Gasteiger partial charge in [0.1, 0.15) is 0 Å². The average molecular weight is 177 g/mol. The van der Waals surface area contributed by atoms with Gasteiger partial charge in [-0.2, -0.15) is 0 Å². The Morgan fingerprint density at radius 3 is 2.92 bits per heavy atom. The number of benzene rings is 1. The minimum absolute atomic E-state index is 0.566. The summed E-state index contributed by atoms with van der Waals surface area (Å²) in [7, 11) is 0. The molecule has 0 amide bonds. The van der Waals surface area contributed by atoms with E-state index < -0.39 is 0 Å². The van der Waals surface area contributed by atoms with Gasteiger partial charge in [0.05, 0.1) is 15.7 Å². The molecule has 0 aliphatic heterocycles. The first-order valence-corrected chi connectivity index (χ1v) is 4.99. The second-order valence-corrected chi connectivity index (χ2v) is 4.09. The van der Waals surface area contributed by atoms with E-state index in [1.54, 1.807) is 11.3 Å². The van der Waals surface area contributed by atoms with Crippen LogP contribution in [0.5, 0.6) is 0 Å². The number of nitrogens with zero attached hydrogens (tertiary/aromatic N) is 1. The minimum atomic E-state index is 0.566. The van der Waals surface area contributed by atoms with E-state index in [1.807, 2.05) is 5.51 Å². The lowest BCUT2D eigenvalue weighted by atomic mass is 10.0. The fourth-order valence-corrected chi connectivity index (χ4v) is 2.09. The summed E-state index contributed by atoms with van der Waals surface area (Å²) < 4.78 is 1.29. The lowest BCUT2D eigenvalue weighted by molar-refractivity contribution is 0.873. The van der Waals surface area contributed by atoms with Gasteiger partial charge in [0.2, 0.25) is 0 Å². The monoisotopic (exact) mass is 177 g/mol. The lowest BCUT2D eigenvalue weighted by Gasteiger charge is -2.04. The second-order valence-electron chi connectivity index (χ2n) is 3.20. The summed E-state index contributed by atoms with van der Waals surface area (Å²) in [6.45, 7) is 4.40. The molecule has 0 fully saturated rings. The van der Waals surface area contributed by atoms with Gasteiger partial charge in [0.25, 0.3) is 0 Å². The first kappa shape index (κ1) is 7.74. The predicted octanol–water partition coefficient (Wildman–Crippen LogP) is 3.42. The topological polar surface area (TPSA) is 12.9 Å². The second kappa shape index (κ2) is 2.87. The molecule has 0 bridgehead atoms. The van der Waals surface area contributed by atoms with Gasteiger partial charge in [0.15, 0.2) is 0 Å². The quantitative estimate of drug-likeness (QED) is 0.650. The molecule has 2 aromatic rings. The van der Waals surface area contributed by atoms with E-state index in [9.17, 15) is 0 Å². The Balaban J connectivity index is 2.73. The number of fused-ring (bicyclic) bond motifs is 1. The Hall–Kier alpha value is -0.890. The highest BCUT2D eigenvalue weighted by Gasteiger charge is 2.05. The summed E-state index contributed by atoms with van der Waals surface area (Å²) in [5, 5.41) is 0. The third kappa shape index (κ3) is 1.12. The zero-order valence-corrected chi connectivity index (χ0v) is 8.06. The van der Waals surface area contributed by atoms with Crippen LogP contribution in [0.25, 0.3) is 10.2 Å². The number of rotatable bonds is 1. The van der Waals surface area contributed by atoms with Crippen molar-refractivity contribution in [3.63, 3.8) is 0 Å². The fraction of sp³-hybridized carbons (Fsp3) is 0.300. The van der Waals surface area contributed by atoms with Crippen LogP contribution >= 0.6 is 11.3 Å². The van der Waals surface area contributed by atoms with Crippen molar-refractivity contribution in [2.75, 3.05) is 0 Å². The fourth-order valence-electron chi connectivity index (χ4n) is 1.37. The standard InChI is InChI=1S/C10H11NS/c1-7(2)8-4-3-5-9-10(8)11-6-12-9/h3-7H,1-2H3. The molecule has 2 rings (SSSR count). The Morgan fingerprint density at radius 2 is 2.17 bits per heavy atom. The van der Waals surface area contributed by atoms with Crippen LogP contribution in [-0.2, 0) is 0 Å². The Labute approximate surface area is 76.1 Å². The number of para-hydroxylation sites is 1. The zero-order chi connectivity index (χ0) is 8.55. The van der Waals surface area contributed by atoms with Crippen LogP contribution in [0.1, 0.15) is 25.3 Å². The molecule has 0 aliphatic rings. The smallest absolute Gasteiger partial charge is 0.0846 e. The van der Waals surface area contributed by atoms with Crippen LogP contribution in [0.3, 0.4) is 0 Å². The van der Waals surface area contributed by atoms with Crippen LogP contribution in [0.15, 0.2) is 23.7 Å². The SMILES string of the molecule is CC(C)c1cccc2scnc12. The number of thiazole rings is 1. The minimum Gasteiger partial charge on any atom is -0.244 e. The molecule has 0 saturated heterocycles. The zero-order valence-electron chi connectivity index (χ0n) is 7.24. The molecule has 1 nitrogen and oxygen atoms in total. The van der Waals surface area contributed by atoms with Gasteiger partial charge < -0.3 is 0 Å². The van der Waals surface area contributed by atoms with Crippen molar-refractivity contribution >= 4 is 21.6 Å². The Morgan fingerprint density at radius 1 is 1.33 bits per heavy atom. The first-order chi connectivity index (χ1) is 5.79. The molecular formula is C10H11NS. The van der Waals surface area contributed by atoms with E-state index in [4.69, 9.17) is 0 Å². The van der Waals surface area contributed by atoms with E-state index in [-0.39, 0.29) is 0 Å². The molecule has 62 valence electrons. The molecule has 0 aliphatic carbocycles. The largest absolute Gasteiger partial charge is 0.244 e. The molecule has 2 heteroatoms. The van der Waals surface area contributed by atoms with Crippen molar-refractivity contribution in [2.45, 2.75) is 19.8 Å². The number of hydrogen-bond donors (Lipinski definition) is 0. The van der Waals surface area contributed by atoms with Crippen molar-refractivity contribution in [2.24, 2.45) is 0 Å². The molecule has 0 saturated carbocycles. The van der Waals surface area contributed by atoms with Crippen LogP contribution in [0.2, 0.25) is 0 Å². The van der Waals surface area contributed by atoms with Crippen molar-refractivity contribution in [1.29, 1.82) is 0 Å². The Bertz CT molecular complexity index is 389. The van der Waals surface area contributed by atoms with Crippen LogP contribution in [0, 0.1) is 0 Å². The van der Waals surface area contributed by atoms with Gasteiger partial charge in [-0.05, 0) is 17.5 Å². The summed E-state index contributed by atoms with van der Waals surface area (Å²) in [5.41, 5.74) is 4.45. The predicted molar refractivity (Wildman–Crippen MR) is 53.7 cm³/mol. The normalized spacial score (nSPS) is 11.2. The molecule has 0 unspecified atom stereocenters. The highest BCUT2D eigenvalue weighted by molar-refractivity contribution is 7.16. The third-order valence-electron chi connectivity index (χ3n) is 2.01. The van der Waals surface area contributed by atoms with Crippen LogP contribution < -0.4 is 0 Å². The Kier molecular flexibility index (Phi) is 1.85. The third-order valence-corrected chi connectivity index (χ3v) is 2.81. The molecular weight excluding hydrogens is 166 g/mol. The molecule has 1 aromatic heterocycles. The average Bonchev–Trinajstić information content (AvgIpc) is 2.49. The van der Waals surface area contributed by atoms with E-state index in [0.29, 0.717) is 5.92 Å². The van der Waals surface area contributed by atoms with Crippen LogP contribution in [0.4, 0.5) is 0 Å². The molecule has 12 heavy (non-hydrogen) atoms.